The molecule has 0 aromatic carbocycles. The van der Waals surface area contributed by atoms with Gasteiger partial charge in [0.05, 0.1) is 16.8 Å². The first-order valence-corrected chi connectivity index (χ1v) is 10.6. The molecule has 3 aromatic heterocycles. The van der Waals surface area contributed by atoms with Gasteiger partial charge in [0, 0.05) is 32.2 Å². The summed E-state index contributed by atoms with van der Waals surface area (Å²) in [5, 5.41) is 3.83. The predicted molar refractivity (Wildman–Crippen MR) is 97.9 cm³/mol. The third kappa shape index (κ3) is 3.43. The molecule has 0 unspecified atom stereocenters. The molecule has 1 aliphatic rings. The highest BCUT2D eigenvalue weighted by atomic mass is 32.2. The van der Waals surface area contributed by atoms with Gasteiger partial charge in [0.2, 0.25) is 0 Å². The van der Waals surface area contributed by atoms with Gasteiger partial charge >= 0.3 is 0 Å². The molecule has 0 bridgehead atoms. The van der Waals surface area contributed by atoms with Crippen LogP contribution in [0.5, 0.6) is 0 Å². The number of nitrogens with zero attached hydrogens (tertiary/aromatic N) is 3. The largest absolute Gasteiger partial charge is 0.459 e. The van der Waals surface area contributed by atoms with Crippen LogP contribution in [0, 0.1) is 6.92 Å². The van der Waals surface area contributed by atoms with Gasteiger partial charge in [-0.15, -0.1) is 11.3 Å². The molecule has 1 aliphatic heterocycles. The van der Waals surface area contributed by atoms with Crippen LogP contribution in [0.4, 0.5) is 0 Å². The fraction of sp³-hybridized carbons (Fsp3) is 0.294. The highest BCUT2D eigenvalue weighted by Crippen LogP contribution is 2.33. The van der Waals surface area contributed by atoms with Gasteiger partial charge in [-0.2, -0.15) is 4.31 Å². The fourth-order valence-corrected chi connectivity index (χ4v) is 5.72. The Morgan fingerprint density at radius 3 is 2.59 bits per heavy atom. The normalized spacial score (nSPS) is 16.0. The second kappa shape index (κ2) is 6.95. The topological polar surface area (TPSA) is 96.9 Å². The van der Waals surface area contributed by atoms with Crippen molar-refractivity contribution in [1.29, 1.82) is 0 Å². The molecule has 0 spiro atoms. The number of hydrogen-bond acceptors (Lipinski definition) is 7. The Bertz CT molecular complexity index is 1040. The van der Waals surface area contributed by atoms with Gasteiger partial charge in [-0.1, -0.05) is 5.16 Å². The van der Waals surface area contributed by atoms with Crippen LogP contribution >= 0.6 is 11.3 Å². The van der Waals surface area contributed by atoms with E-state index < -0.39 is 10.0 Å². The van der Waals surface area contributed by atoms with Crippen molar-refractivity contribution < 1.29 is 22.2 Å². The molecule has 3 aromatic rings. The molecule has 0 N–H and O–H groups in total. The van der Waals surface area contributed by atoms with Crippen molar-refractivity contribution in [2.24, 2.45) is 0 Å². The number of carbonyl (C=O) groups is 1. The molecular weight excluding hydrogens is 390 g/mol. The first-order valence-electron chi connectivity index (χ1n) is 8.31. The maximum Gasteiger partial charge on any atom is 0.289 e. The molecule has 1 fully saturated rings. The molecule has 0 aliphatic carbocycles. The van der Waals surface area contributed by atoms with E-state index in [-0.39, 0.29) is 29.0 Å². The molecule has 8 nitrogen and oxygen atoms in total. The first kappa shape index (κ1) is 18.0. The second-order valence-electron chi connectivity index (χ2n) is 6.12. The third-order valence-corrected chi connectivity index (χ3v) is 7.77. The van der Waals surface area contributed by atoms with Gasteiger partial charge in [-0.25, -0.2) is 8.42 Å². The zero-order valence-corrected chi connectivity index (χ0v) is 16.1. The molecule has 4 rings (SSSR count). The number of carbonyl (C=O) groups excluding carboxylic acids is 1. The van der Waals surface area contributed by atoms with Gasteiger partial charge in [0.15, 0.2) is 11.5 Å². The Morgan fingerprint density at radius 1 is 1.19 bits per heavy atom. The number of aryl methyl sites for hydroxylation is 1. The summed E-state index contributed by atoms with van der Waals surface area (Å²) >= 11 is 1.15. The number of rotatable bonds is 4. The van der Waals surface area contributed by atoms with Crippen molar-refractivity contribution >= 4 is 27.3 Å². The van der Waals surface area contributed by atoms with Crippen LogP contribution in [0.1, 0.15) is 16.2 Å². The minimum Gasteiger partial charge on any atom is -0.459 e. The number of piperazine rings is 1. The highest BCUT2D eigenvalue weighted by molar-refractivity contribution is 7.91. The lowest BCUT2D eigenvalue weighted by Crippen LogP contribution is -2.50. The summed E-state index contributed by atoms with van der Waals surface area (Å²) in [6, 6.07) is 8.31. The number of amides is 1. The average molecular weight is 407 g/mol. The molecule has 142 valence electrons. The molecule has 1 amide bonds. The smallest absolute Gasteiger partial charge is 0.289 e. The van der Waals surface area contributed by atoms with Crippen LogP contribution in [0.2, 0.25) is 0 Å². The van der Waals surface area contributed by atoms with Gasteiger partial charge in [-0.3, -0.25) is 4.79 Å². The van der Waals surface area contributed by atoms with Crippen molar-refractivity contribution in [1.82, 2.24) is 14.4 Å². The summed E-state index contributed by atoms with van der Waals surface area (Å²) in [4.78, 5) is 14.6. The summed E-state index contributed by atoms with van der Waals surface area (Å²) < 4.78 is 37.8. The van der Waals surface area contributed by atoms with E-state index in [1.54, 1.807) is 35.2 Å². The Hall–Kier alpha value is -2.43. The van der Waals surface area contributed by atoms with E-state index in [9.17, 15) is 13.2 Å². The monoisotopic (exact) mass is 407 g/mol. The molecule has 10 heteroatoms. The van der Waals surface area contributed by atoms with Gasteiger partial charge < -0.3 is 13.8 Å². The molecular formula is C17H17N3O5S2. The Morgan fingerprint density at radius 2 is 1.96 bits per heavy atom. The maximum absolute atomic E-state index is 12.9. The van der Waals surface area contributed by atoms with Crippen molar-refractivity contribution in [2.45, 2.75) is 11.1 Å². The number of aromatic nitrogens is 1. The zero-order valence-electron chi connectivity index (χ0n) is 14.5. The van der Waals surface area contributed by atoms with Gasteiger partial charge in [-0.05, 0) is 31.2 Å². The van der Waals surface area contributed by atoms with E-state index in [1.807, 2.05) is 6.92 Å². The van der Waals surface area contributed by atoms with Crippen LogP contribution in [-0.4, -0.2) is 54.9 Å². The summed E-state index contributed by atoms with van der Waals surface area (Å²) in [6.07, 6.45) is 1.44. The van der Waals surface area contributed by atoms with Gasteiger partial charge in [0.1, 0.15) is 4.21 Å². The molecule has 0 radical (unpaired) electrons. The molecule has 4 heterocycles. The highest BCUT2D eigenvalue weighted by Gasteiger charge is 2.32. The number of hydrogen-bond donors (Lipinski definition) is 0. The van der Waals surface area contributed by atoms with E-state index in [4.69, 9.17) is 8.94 Å². The van der Waals surface area contributed by atoms with E-state index in [0.717, 1.165) is 17.0 Å². The molecule has 1 saturated heterocycles. The van der Waals surface area contributed by atoms with Crippen LogP contribution in [0.25, 0.3) is 10.6 Å². The van der Waals surface area contributed by atoms with E-state index in [0.29, 0.717) is 23.7 Å². The number of sulfonamides is 1. The lowest BCUT2D eigenvalue weighted by Gasteiger charge is -2.33. The van der Waals surface area contributed by atoms with Crippen LogP contribution in [0.3, 0.4) is 0 Å². The lowest BCUT2D eigenvalue weighted by atomic mass is 10.3. The molecule has 0 saturated carbocycles. The van der Waals surface area contributed by atoms with Crippen LogP contribution < -0.4 is 0 Å². The molecule has 0 atom stereocenters. The quantitative estimate of drug-likeness (QED) is 0.659. The Labute approximate surface area is 160 Å². The Balaban J connectivity index is 1.46. The lowest BCUT2D eigenvalue weighted by molar-refractivity contribution is 0.0666. The van der Waals surface area contributed by atoms with Crippen molar-refractivity contribution in [3.05, 3.63) is 48.0 Å². The second-order valence-corrected chi connectivity index (χ2v) is 9.37. The summed E-state index contributed by atoms with van der Waals surface area (Å²) in [5.41, 5.74) is 0.736. The average Bonchev–Trinajstić information content (AvgIpc) is 3.42. The van der Waals surface area contributed by atoms with E-state index in [2.05, 4.69) is 5.16 Å². The first-order chi connectivity index (χ1) is 12.9. The number of thiophene rings is 1. The number of furan rings is 1. The minimum atomic E-state index is -3.62. The SMILES string of the molecule is Cc1cc(-c2ccc(S(=O)(=O)N3CCN(C(=O)c4ccco4)CC3)s2)on1. The summed E-state index contributed by atoms with van der Waals surface area (Å²) in [7, 11) is -3.62. The van der Waals surface area contributed by atoms with E-state index >= 15 is 0 Å². The maximum atomic E-state index is 12.9. The zero-order chi connectivity index (χ0) is 19.0. The van der Waals surface area contributed by atoms with Crippen molar-refractivity contribution in [3.63, 3.8) is 0 Å². The standard InChI is InChI=1S/C17H17N3O5S2/c1-12-11-14(25-18-12)15-4-5-16(26-15)27(22,23)20-8-6-19(7-9-20)17(21)13-3-2-10-24-13/h2-5,10-11H,6-9H2,1H3. The van der Waals surface area contributed by atoms with Crippen molar-refractivity contribution in [2.75, 3.05) is 26.2 Å². The van der Waals surface area contributed by atoms with E-state index in [1.165, 1.54) is 10.6 Å². The van der Waals surface area contributed by atoms with Crippen LogP contribution in [0.15, 0.2) is 49.7 Å². The van der Waals surface area contributed by atoms with Crippen LogP contribution in [-0.2, 0) is 10.0 Å². The van der Waals surface area contributed by atoms with Crippen molar-refractivity contribution in [3.8, 4) is 10.6 Å². The fourth-order valence-electron chi connectivity index (χ4n) is 2.89. The van der Waals surface area contributed by atoms with Gasteiger partial charge in [0.25, 0.3) is 15.9 Å². The minimum absolute atomic E-state index is 0.226. The summed E-state index contributed by atoms with van der Waals surface area (Å²) in [5.74, 6) is 0.584. The third-order valence-electron chi connectivity index (χ3n) is 4.30. The predicted octanol–water partition coefficient (Wildman–Crippen LogP) is 2.45. The molecule has 27 heavy (non-hydrogen) atoms. The Kier molecular flexibility index (Phi) is 4.62. The summed E-state index contributed by atoms with van der Waals surface area (Å²) in [6.45, 7) is 2.92.